The molecular formula is C17H28N2O. The maximum absolute atomic E-state index is 10.5. The minimum absolute atomic E-state index is 0.319. The van der Waals surface area contributed by atoms with Crippen LogP contribution in [0.15, 0.2) is 18.2 Å². The number of pyridine rings is 1. The third-order valence-corrected chi connectivity index (χ3v) is 4.02. The number of hydrogen-bond acceptors (Lipinski definition) is 2. The van der Waals surface area contributed by atoms with E-state index in [-0.39, 0.29) is 0 Å². The van der Waals surface area contributed by atoms with Crippen LogP contribution in [0.2, 0.25) is 0 Å². The molecular weight excluding hydrogens is 248 g/mol. The van der Waals surface area contributed by atoms with Gasteiger partial charge in [-0.15, -0.1) is 0 Å². The summed E-state index contributed by atoms with van der Waals surface area (Å²) >= 11 is 0. The Morgan fingerprint density at radius 3 is 2.15 bits per heavy atom. The molecule has 2 unspecified atom stereocenters. The van der Waals surface area contributed by atoms with E-state index in [0.717, 1.165) is 17.5 Å². The highest BCUT2D eigenvalue weighted by molar-refractivity contribution is 5.90. The summed E-state index contributed by atoms with van der Waals surface area (Å²) in [6, 6.07) is 5.16. The van der Waals surface area contributed by atoms with Crippen molar-refractivity contribution in [2.75, 3.05) is 0 Å². The van der Waals surface area contributed by atoms with Crippen LogP contribution in [0.25, 0.3) is 0 Å². The average Bonchev–Trinajstić information content (AvgIpc) is 2.80. The zero-order valence-electron chi connectivity index (χ0n) is 13.1. The van der Waals surface area contributed by atoms with Gasteiger partial charge in [-0.3, -0.25) is 4.79 Å². The lowest BCUT2D eigenvalue weighted by molar-refractivity contribution is 0.0995. The number of primary amides is 1. The summed E-state index contributed by atoms with van der Waals surface area (Å²) in [6.45, 7) is 5.81. The predicted molar refractivity (Wildman–Crippen MR) is 83.5 cm³/mol. The molecule has 1 amide bonds. The van der Waals surface area contributed by atoms with Crippen LogP contribution < -0.4 is 5.73 Å². The van der Waals surface area contributed by atoms with Crippen LogP contribution >= 0.6 is 0 Å². The summed E-state index contributed by atoms with van der Waals surface area (Å²) in [4.78, 5) is 14.4. The van der Waals surface area contributed by atoms with Crippen molar-refractivity contribution in [2.24, 2.45) is 17.6 Å². The molecule has 1 aromatic rings. The maximum atomic E-state index is 10.5. The van der Waals surface area contributed by atoms with Crippen LogP contribution in [0.4, 0.5) is 0 Å². The quantitative estimate of drug-likeness (QED) is 0.839. The lowest BCUT2D eigenvalue weighted by Gasteiger charge is -2.16. The van der Waals surface area contributed by atoms with E-state index in [2.05, 4.69) is 4.98 Å². The van der Waals surface area contributed by atoms with Gasteiger partial charge in [-0.05, 0) is 37.3 Å². The highest BCUT2D eigenvalue weighted by Gasteiger charge is 2.27. The molecule has 3 heteroatoms. The van der Waals surface area contributed by atoms with E-state index in [1.54, 1.807) is 44.2 Å². The highest BCUT2D eigenvalue weighted by Crippen LogP contribution is 2.41. The number of nitrogens with two attached hydrogens (primary N) is 1. The molecule has 3 nitrogen and oxygen atoms in total. The monoisotopic (exact) mass is 276 g/mol. The molecule has 0 spiro atoms. The first-order valence-corrected chi connectivity index (χ1v) is 7.88. The maximum Gasteiger partial charge on any atom is 0.267 e. The van der Waals surface area contributed by atoms with Gasteiger partial charge in [0, 0.05) is 5.69 Å². The van der Waals surface area contributed by atoms with Crippen LogP contribution in [-0.4, -0.2) is 10.9 Å². The lowest BCUT2D eigenvalue weighted by atomic mass is 9.89. The zero-order chi connectivity index (χ0) is 15.0. The molecule has 1 heterocycles. The van der Waals surface area contributed by atoms with Gasteiger partial charge >= 0.3 is 0 Å². The Labute approximate surface area is 123 Å². The van der Waals surface area contributed by atoms with E-state index >= 15 is 0 Å². The zero-order valence-corrected chi connectivity index (χ0v) is 13.1. The van der Waals surface area contributed by atoms with E-state index in [1.165, 1.54) is 6.42 Å². The topological polar surface area (TPSA) is 56.0 Å². The Bertz CT molecular complexity index is 403. The molecule has 2 fully saturated rings. The molecule has 112 valence electrons. The van der Waals surface area contributed by atoms with Crippen LogP contribution in [-0.2, 0) is 0 Å². The number of carbonyl (C=O) groups excluding carboxylic acids is 1. The molecule has 1 aromatic heterocycles. The molecule has 2 bridgehead atoms. The van der Waals surface area contributed by atoms with Crippen molar-refractivity contribution in [3.05, 3.63) is 29.6 Å². The molecule has 0 aromatic carbocycles. The van der Waals surface area contributed by atoms with Gasteiger partial charge in [-0.25, -0.2) is 4.98 Å². The highest BCUT2D eigenvalue weighted by atomic mass is 16.1. The molecule has 20 heavy (non-hydrogen) atoms. The molecule has 0 saturated heterocycles. The van der Waals surface area contributed by atoms with E-state index in [9.17, 15) is 4.79 Å². The number of aryl methyl sites for hydroxylation is 1. The van der Waals surface area contributed by atoms with Crippen molar-refractivity contribution >= 4 is 5.91 Å². The van der Waals surface area contributed by atoms with Crippen LogP contribution in [0.5, 0.6) is 0 Å². The lowest BCUT2D eigenvalue weighted by Crippen LogP contribution is -2.12. The average molecular weight is 276 g/mol. The number of aromatic nitrogens is 1. The standard InChI is InChI=1S/C8H14.C7H8N2O.C2H6/c1-2-7-4-5-8(3-1)6-7;1-5-3-2-4-6(9-5)7(8)10;1-2/h7-8H,1-6H2;2-4H,1H3,(H2,8,10);1-2H3. The van der Waals surface area contributed by atoms with E-state index in [1.807, 2.05) is 26.8 Å². The Morgan fingerprint density at radius 2 is 1.75 bits per heavy atom. The third kappa shape index (κ3) is 5.32. The molecule has 0 radical (unpaired) electrons. The fourth-order valence-electron chi connectivity index (χ4n) is 3.08. The first kappa shape index (κ1) is 16.7. The molecule has 3 rings (SSSR count). The summed E-state index contributed by atoms with van der Waals surface area (Å²) in [5.74, 6) is 1.84. The van der Waals surface area contributed by atoms with Gasteiger partial charge in [0.2, 0.25) is 0 Å². The number of fused-ring (bicyclic) bond motifs is 2. The Hall–Kier alpha value is -1.38. The number of rotatable bonds is 1. The molecule has 2 aliphatic carbocycles. The number of hydrogen-bond donors (Lipinski definition) is 1. The van der Waals surface area contributed by atoms with Crippen molar-refractivity contribution in [1.29, 1.82) is 0 Å². The van der Waals surface area contributed by atoms with Gasteiger partial charge in [0.05, 0.1) is 0 Å². The van der Waals surface area contributed by atoms with Crippen LogP contribution in [0, 0.1) is 18.8 Å². The van der Waals surface area contributed by atoms with E-state index in [4.69, 9.17) is 5.73 Å². The van der Waals surface area contributed by atoms with Crippen LogP contribution in [0.3, 0.4) is 0 Å². The SMILES string of the molecule is C1CC2CCC(C1)C2.CC.Cc1cccc(C(N)=O)n1. The van der Waals surface area contributed by atoms with Gasteiger partial charge in [-0.1, -0.05) is 52.0 Å². The fraction of sp³-hybridized carbons (Fsp3) is 0.647. The van der Waals surface area contributed by atoms with E-state index in [0.29, 0.717) is 5.69 Å². The minimum Gasteiger partial charge on any atom is -0.364 e. The van der Waals surface area contributed by atoms with Crippen molar-refractivity contribution in [1.82, 2.24) is 4.98 Å². The first-order chi connectivity index (χ1) is 9.65. The number of carbonyl (C=O) groups is 1. The van der Waals surface area contributed by atoms with Crippen molar-refractivity contribution in [3.63, 3.8) is 0 Å². The number of nitrogens with zero attached hydrogens (tertiary/aromatic N) is 1. The first-order valence-electron chi connectivity index (χ1n) is 7.88. The molecule has 2 N–H and O–H groups in total. The second kappa shape index (κ2) is 8.72. The summed E-state index contributed by atoms with van der Waals surface area (Å²) in [5, 5.41) is 0. The Balaban J connectivity index is 0.000000181. The second-order valence-electron chi connectivity index (χ2n) is 5.50. The predicted octanol–water partition coefficient (Wildman–Crippen LogP) is 4.10. The molecule has 2 saturated carbocycles. The second-order valence-corrected chi connectivity index (χ2v) is 5.50. The summed E-state index contributed by atoms with van der Waals surface area (Å²) < 4.78 is 0. The summed E-state index contributed by atoms with van der Waals surface area (Å²) in [6.07, 6.45) is 9.34. The van der Waals surface area contributed by atoms with Gasteiger partial charge < -0.3 is 5.73 Å². The molecule has 0 aliphatic heterocycles. The number of amides is 1. The smallest absolute Gasteiger partial charge is 0.267 e. The van der Waals surface area contributed by atoms with Crippen molar-refractivity contribution in [3.8, 4) is 0 Å². The fourth-order valence-corrected chi connectivity index (χ4v) is 3.08. The van der Waals surface area contributed by atoms with Gasteiger partial charge in [0.1, 0.15) is 5.69 Å². The normalized spacial score (nSPS) is 22.9. The van der Waals surface area contributed by atoms with E-state index < -0.39 is 5.91 Å². The summed E-state index contributed by atoms with van der Waals surface area (Å²) in [5.41, 5.74) is 6.10. The third-order valence-electron chi connectivity index (χ3n) is 4.02. The largest absolute Gasteiger partial charge is 0.364 e. The minimum atomic E-state index is -0.483. The Kier molecular flexibility index (Phi) is 7.27. The van der Waals surface area contributed by atoms with Gasteiger partial charge in [-0.2, -0.15) is 0 Å². The molecule has 2 atom stereocenters. The van der Waals surface area contributed by atoms with Crippen molar-refractivity contribution < 1.29 is 4.79 Å². The van der Waals surface area contributed by atoms with Crippen molar-refractivity contribution in [2.45, 2.75) is 59.3 Å². The summed E-state index contributed by atoms with van der Waals surface area (Å²) in [7, 11) is 0. The van der Waals surface area contributed by atoms with Gasteiger partial charge in [0.15, 0.2) is 0 Å². The Morgan fingerprint density at radius 1 is 1.15 bits per heavy atom. The van der Waals surface area contributed by atoms with Gasteiger partial charge in [0.25, 0.3) is 5.91 Å². The molecule has 2 aliphatic rings. The van der Waals surface area contributed by atoms with Crippen LogP contribution in [0.1, 0.15) is 68.6 Å².